The van der Waals surface area contributed by atoms with E-state index in [-0.39, 0.29) is 12.4 Å². The van der Waals surface area contributed by atoms with Crippen molar-refractivity contribution in [2.24, 2.45) is 35.3 Å². The zero-order valence-corrected chi connectivity index (χ0v) is 13.0. The Morgan fingerprint density at radius 1 is 0.842 bits per heavy atom. The van der Waals surface area contributed by atoms with Gasteiger partial charge in [0.2, 0.25) is 0 Å². The second kappa shape index (κ2) is 7.31. The molecule has 3 rings (SSSR count). The minimum Gasteiger partial charge on any atom is -0.330 e. The summed E-state index contributed by atoms with van der Waals surface area (Å²) in [6.07, 6.45) is 17.4. The van der Waals surface area contributed by atoms with Gasteiger partial charge < -0.3 is 5.73 Å². The first-order valence-electron chi connectivity index (χ1n) is 8.42. The van der Waals surface area contributed by atoms with Crippen LogP contribution in [-0.4, -0.2) is 6.54 Å². The van der Waals surface area contributed by atoms with Crippen LogP contribution in [0.1, 0.15) is 64.2 Å². The van der Waals surface area contributed by atoms with Crippen LogP contribution in [0.15, 0.2) is 0 Å². The molecule has 3 aliphatic rings. The molecule has 0 saturated heterocycles. The molecule has 3 aliphatic carbocycles. The highest BCUT2D eigenvalue weighted by Crippen LogP contribution is 2.48. The fraction of sp³-hybridized carbons (Fsp3) is 0.941. The minimum atomic E-state index is 0. The number of hydrogen-bond donors (Lipinski definition) is 1. The van der Waals surface area contributed by atoms with Gasteiger partial charge >= 0.3 is 0 Å². The summed E-state index contributed by atoms with van der Waals surface area (Å²) in [6.45, 7) is 0.922. The summed E-state index contributed by atoms with van der Waals surface area (Å²) < 4.78 is 0. The van der Waals surface area contributed by atoms with E-state index in [1.807, 2.05) is 0 Å². The Balaban J connectivity index is 0.00000133. The van der Waals surface area contributed by atoms with Gasteiger partial charge in [0, 0.05) is 0 Å². The maximum absolute atomic E-state index is 6.01. The van der Waals surface area contributed by atoms with Gasteiger partial charge in [0.15, 0.2) is 0 Å². The molecule has 0 aromatic carbocycles. The van der Waals surface area contributed by atoms with E-state index in [2.05, 4.69) is 6.42 Å². The van der Waals surface area contributed by atoms with Crippen LogP contribution in [0, 0.1) is 36.0 Å². The normalized spacial score (nSPS) is 43.1. The molecule has 0 amide bonds. The summed E-state index contributed by atoms with van der Waals surface area (Å²) in [6, 6.07) is 0. The van der Waals surface area contributed by atoms with E-state index in [1.54, 1.807) is 0 Å². The van der Waals surface area contributed by atoms with Gasteiger partial charge in [0.1, 0.15) is 0 Å². The monoisotopic (exact) mass is 284 g/mol. The number of hydrogen-bond acceptors (Lipinski definition) is 1. The zero-order valence-electron chi connectivity index (χ0n) is 12.2. The Bertz CT molecular complexity index is 268. The van der Waals surface area contributed by atoms with Crippen LogP contribution >= 0.6 is 12.4 Å². The molecule has 2 heteroatoms. The first-order valence-corrected chi connectivity index (χ1v) is 8.42. The van der Waals surface area contributed by atoms with Gasteiger partial charge in [0.05, 0.1) is 0 Å². The Hall–Kier alpha value is 0.250. The van der Waals surface area contributed by atoms with E-state index < -0.39 is 0 Å². The lowest BCUT2D eigenvalue weighted by Gasteiger charge is -2.45. The van der Waals surface area contributed by atoms with Crippen molar-refractivity contribution in [1.82, 2.24) is 0 Å². The fourth-order valence-corrected chi connectivity index (χ4v) is 5.19. The third kappa shape index (κ3) is 3.47. The van der Waals surface area contributed by atoms with E-state index in [9.17, 15) is 0 Å². The molecule has 5 unspecified atom stereocenters. The molecule has 0 spiro atoms. The highest BCUT2D eigenvalue weighted by Gasteiger charge is 2.38. The summed E-state index contributed by atoms with van der Waals surface area (Å²) >= 11 is 0. The highest BCUT2D eigenvalue weighted by atomic mass is 35.5. The zero-order chi connectivity index (χ0) is 12.4. The van der Waals surface area contributed by atoms with Crippen molar-refractivity contribution in [3.63, 3.8) is 0 Å². The van der Waals surface area contributed by atoms with E-state index in [0.717, 1.165) is 36.1 Å². The standard InChI is InChI=1S/C17H30N.ClH/c18-12-16-7-3-4-8-17(16)15-10-9-13-5-1-2-6-14(13)11-15;/h8,13-17H,1-7,9-12,18H2;1H. The van der Waals surface area contributed by atoms with E-state index in [1.165, 1.54) is 64.2 Å². The van der Waals surface area contributed by atoms with Gasteiger partial charge in [-0.2, -0.15) is 0 Å². The topological polar surface area (TPSA) is 26.0 Å². The molecule has 19 heavy (non-hydrogen) atoms. The van der Waals surface area contributed by atoms with Crippen LogP contribution in [0.3, 0.4) is 0 Å². The smallest absolute Gasteiger partial charge is 0.00460 e. The van der Waals surface area contributed by atoms with Crippen LogP contribution in [0.25, 0.3) is 0 Å². The maximum atomic E-state index is 6.01. The molecule has 2 N–H and O–H groups in total. The molecule has 5 atom stereocenters. The maximum Gasteiger partial charge on any atom is -0.00460 e. The van der Waals surface area contributed by atoms with Crippen molar-refractivity contribution >= 4 is 12.4 Å². The third-order valence-corrected chi connectivity index (χ3v) is 6.19. The van der Waals surface area contributed by atoms with Crippen molar-refractivity contribution in [3.05, 3.63) is 6.42 Å². The van der Waals surface area contributed by atoms with Crippen LogP contribution in [0.4, 0.5) is 0 Å². The van der Waals surface area contributed by atoms with Crippen molar-refractivity contribution in [2.45, 2.75) is 64.2 Å². The molecule has 0 aliphatic heterocycles. The molecule has 0 bridgehead atoms. The lowest BCUT2D eigenvalue weighted by atomic mass is 9.61. The van der Waals surface area contributed by atoms with Crippen molar-refractivity contribution in [3.8, 4) is 0 Å². The molecule has 1 nitrogen and oxygen atoms in total. The van der Waals surface area contributed by atoms with Crippen LogP contribution in [0.5, 0.6) is 0 Å². The predicted octanol–water partition coefficient (Wildman–Crippen LogP) is 4.59. The third-order valence-electron chi connectivity index (χ3n) is 6.19. The summed E-state index contributed by atoms with van der Waals surface area (Å²) in [5.41, 5.74) is 6.01. The summed E-state index contributed by atoms with van der Waals surface area (Å²) in [5, 5.41) is 0. The Labute approximate surface area is 125 Å². The largest absolute Gasteiger partial charge is 0.330 e. The quantitative estimate of drug-likeness (QED) is 0.788. The molecule has 3 saturated carbocycles. The van der Waals surface area contributed by atoms with Crippen LogP contribution in [0.2, 0.25) is 0 Å². The molecule has 0 aromatic heterocycles. The average molecular weight is 285 g/mol. The molecule has 0 aromatic rings. The highest BCUT2D eigenvalue weighted by molar-refractivity contribution is 5.85. The number of rotatable bonds is 2. The number of nitrogens with two attached hydrogens (primary N) is 1. The number of halogens is 1. The fourth-order valence-electron chi connectivity index (χ4n) is 5.19. The second-order valence-corrected chi connectivity index (χ2v) is 7.12. The van der Waals surface area contributed by atoms with Crippen molar-refractivity contribution in [1.29, 1.82) is 0 Å². The van der Waals surface area contributed by atoms with Gasteiger partial charge in [-0.25, -0.2) is 0 Å². The van der Waals surface area contributed by atoms with Gasteiger partial charge in [0.25, 0.3) is 0 Å². The molecular formula is C17H31ClN. The lowest BCUT2D eigenvalue weighted by molar-refractivity contribution is 0.0808. The Morgan fingerprint density at radius 3 is 2.37 bits per heavy atom. The van der Waals surface area contributed by atoms with Gasteiger partial charge in [-0.05, 0) is 74.7 Å². The molecule has 0 heterocycles. The molecule has 1 radical (unpaired) electrons. The Morgan fingerprint density at radius 2 is 1.58 bits per heavy atom. The summed E-state index contributed by atoms with van der Waals surface area (Å²) in [4.78, 5) is 0. The average Bonchev–Trinajstić information content (AvgIpc) is 2.46. The summed E-state index contributed by atoms with van der Waals surface area (Å²) in [5.74, 6) is 4.83. The SMILES string of the molecule is Cl.NCC1CCC[CH]C1C1CCC2CCCCC2C1. The summed E-state index contributed by atoms with van der Waals surface area (Å²) in [7, 11) is 0. The van der Waals surface area contributed by atoms with Gasteiger partial charge in [-0.1, -0.05) is 32.1 Å². The Kier molecular flexibility index (Phi) is 6.02. The van der Waals surface area contributed by atoms with Crippen molar-refractivity contribution in [2.75, 3.05) is 6.54 Å². The van der Waals surface area contributed by atoms with Gasteiger partial charge in [-0.3, -0.25) is 0 Å². The first kappa shape index (κ1) is 15.6. The lowest BCUT2D eigenvalue weighted by Crippen LogP contribution is -2.37. The molecular weight excluding hydrogens is 254 g/mol. The minimum absolute atomic E-state index is 0. The van der Waals surface area contributed by atoms with E-state index >= 15 is 0 Å². The second-order valence-electron chi connectivity index (χ2n) is 7.12. The van der Waals surface area contributed by atoms with Gasteiger partial charge in [-0.15, -0.1) is 12.4 Å². The number of fused-ring (bicyclic) bond motifs is 1. The first-order chi connectivity index (χ1) is 8.88. The predicted molar refractivity (Wildman–Crippen MR) is 84.2 cm³/mol. The van der Waals surface area contributed by atoms with Crippen LogP contribution < -0.4 is 5.73 Å². The van der Waals surface area contributed by atoms with Crippen LogP contribution in [-0.2, 0) is 0 Å². The molecule has 111 valence electrons. The van der Waals surface area contributed by atoms with E-state index in [0.29, 0.717) is 0 Å². The molecule has 3 fully saturated rings. The van der Waals surface area contributed by atoms with E-state index in [4.69, 9.17) is 5.73 Å². The van der Waals surface area contributed by atoms with Crippen molar-refractivity contribution < 1.29 is 0 Å².